The Bertz CT molecular complexity index is 473. The summed E-state index contributed by atoms with van der Waals surface area (Å²) in [5.74, 6) is 1.34. The van der Waals surface area contributed by atoms with E-state index in [9.17, 15) is 0 Å². The summed E-state index contributed by atoms with van der Waals surface area (Å²) in [4.78, 5) is 8.00. The number of nitrogens with zero attached hydrogens (tertiary/aromatic N) is 2. The first-order chi connectivity index (χ1) is 7.79. The SMILES string of the molecule is COc1ccc(Nc2nccnc2Cl)cc1. The molecule has 1 aromatic heterocycles. The number of hydrogen-bond donors (Lipinski definition) is 1. The van der Waals surface area contributed by atoms with Crippen LogP contribution in [0, 0.1) is 0 Å². The molecule has 0 amide bonds. The van der Waals surface area contributed by atoms with E-state index in [1.54, 1.807) is 19.5 Å². The molecule has 0 fully saturated rings. The Labute approximate surface area is 98.3 Å². The van der Waals surface area contributed by atoms with E-state index in [1.807, 2.05) is 24.3 Å². The number of ether oxygens (including phenoxy) is 1. The second-order valence-corrected chi connectivity index (χ2v) is 3.41. The first-order valence-electron chi connectivity index (χ1n) is 4.67. The molecule has 0 unspecified atom stereocenters. The minimum absolute atomic E-state index is 0.346. The summed E-state index contributed by atoms with van der Waals surface area (Å²) in [7, 11) is 1.63. The van der Waals surface area contributed by atoms with Crippen LogP contribution in [0.25, 0.3) is 0 Å². The van der Waals surface area contributed by atoms with E-state index >= 15 is 0 Å². The topological polar surface area (TPSA) is 47.0 Å². The van der Waals surface area contributed by atoms with Gasteiger partial charge in [0.25, 0.3) is 0 Å². The van der Waals surface area contributed by atoms with Crippen LogP contribution in [0.5, 0.6) is 5.75 Å². The molecule has 82 valence electrons. The van der Waals surface area contributed by atoms with Crippen molar-refractivity contribution in [1.29, 1.82) is 0 Å². The molecule has 16 heavy (non-hydrogen) atoms. The summed E-state index contributed by atoms with van der Waals surface area (Å²) in [6.07, 6.45) is 3.12. The number of rotatable bonds is 3. The number of aromatic nitrogens is 2. The van der Waals surface area contributed by atoms with Crippen LogP contribution in [0.3, 0.4) is 0 Å². The Balaban J connectivity index is 2.18. The van der Waals surface area contributed by atoms with Crippen LogP contribution in [-0.4, -0.2) is 17.1 Å². The molecule has 5 heteroatoms. The maximum absolute atomic E-state index is 5.87. The zero-order valence-corrected chi connectivity index (χ0v) is 9.40. The smallest absolute Gasteiger partial charge is 0.171 e. The molecule has 2 aromatic rings. The summed E-state index contributed by atoms with van der Waals surface area (Å²) in [5.41, 5.74) is 0.878. The van der Waals surface area contributed by atoms with Crippen LogP contribution in [0.15, 0.2) is 36.7 Å². The average molecular weight is 236 g/mol. The zero-order chi connectivity index (χ0) is 11.4. The van der Waals surface area contributed by atoms with Crippen LogP contribution in [-0.2, 0) is 0 Å². The Morgan fingerprint density at radius 2 is 1.81 bits per heavy atom. The number of anilines is 2. The highest BCUT2D eigenvalue weighted by atomic mass is 35.5. The van der Waals surface area contributed by atoms with Gasteiger partial charge < -0.3 is 10.1 Å². The molecule has 4 nitrogen and oxygen atoms in total. The van der Waals surface area contributed by atoms with E-state index in [0.29, 0.717) is 11.0 Å². The third-order valence-corrected chi connectivity index (χ3v) is 2.28. The first-order valence-corrected chi connectivity index (χ1v) is 5.05. The molecule has 0 saturated heterocycles. The lowest BCUT2D eigenvalue weighted by Crippen LogP contribution is -1.95. The lowest BCUT2D eigenvalue weighted by Gasteiger charge is -2.06. The largest absolute Gasteiger partial charge is 0.497 e. The predicted molar refractivity (Wildman–Crippen MR) is 63.3 cm³/mol. The van der Waals surface area contributed by atoms with E-state index in [-0.39, 0.29) is 0 Å². The number of hydrogen-bond acceptors (Lipinski definition) is 4. The lowest BCUT2D eigenvalue weighted by molar-refractivity contribution is 0.415. The van der Waals surface area contributed by atoms with Crippen LogP contribution < -0.4 is 10.1 Å². The van der Waals surface area contributed by atoms with Crippen molar-refractivity contribution in [1.82, 2.24) is 9.97 Å². The quantitative estimate of drug-likeness (QED) is 0.889. The van der Waals surface area contributed by atoms with Crippen molar-refractivity contribution in [3.63, 3.8) is 0 Å². The van der Waals surface area contributed by atoms with Gasteiger partial charge in [-0.2, -0.15) is 0 Å². The fraction of sp³-hybridized carbons (Fsp3) is 0.0909. The highest BCUT2D eigenvalue weighted by Gasteiger charge is 2.02. The van der Waals surface area contributed by atoms with E-state index in [2.05, 4.69) is 15.3 Å². The minimum Gasteiger partial charge on any atom is -0.497 e. The molecular formula is C11H10ClN3O. The van der Waals surface area contributed by atoms with Crippen molar-refractivity contribution in [2.24, 2.45) is 0 Å². The van der Waals surface area contributed by atoms with Crippen molar-refractivity contribution in [2.75, 3.05) is 12.4 Å². The highest BCUT2D eigenvalue weighted by Crippen LogP contribution is 2.22. The number of methoxy groups -OCH3 is 1. The Morgan fingerprint density at radius 1 is 1.12 bits per heavy atom. The van der Waals surface area contributed by atoms with Gasteiger partial charge in [0.05, 0.1) is 7.11 Å². The van der Waals surface area contributed by atoms with Gasteiger partial charge in [-0.3, -0.25) is 0 Å². The Morgan fingerprint density at radius 3 is 2.44 bits per heavy atom. The highest BCUT2D eigenvalue weighted by molar-refractivity contribution is 6.31. The fourth-order valence-corrected chi connectivity index (χ4v) is 1.37. The van der Waals surface area contributed by atoms with Gasteiger partial charge >= 0.3 is 0 Å². The molecule has 0 radical (unpaired) electrons. The molecule has 2 rings (SSSR count). The number of halogens is 1. The van der Waals surface area contributed by atoms with Crippen LogP contribution in [0.4, 0.5) is 11.5 Å². The molecule has 0 spiro atoms. The van der Waals surface area contributed by atoms with Crippen molar-refractivity contribution in [3.8, 4) is 5.75 Å². The third kappa shape index (κ3) is 2.41. The van der Waals surface area contributed by atoms with E-state index in [4.69, 9.17) is 16.3 Å². The van der Waals surface area contributed by atoms with Gasteiger partial charge in [0.1, 0.15) is 5.75 Å². The lowest BCUT2D eigenvalue weighted by atomic mass is 10.3. The Hall–Kier alpha value is -1.81. The number of nitrogens with one attached hydrogen (secondary N) is 1. The predicted octanol–water partition coefficient (Wildman–Crippen LogP) is 2.88. The fourth-order valence-electron chi connectivity index (χ4n) is 1.22. The van der Waals surface area contributed by atoms with Gasteiger partial charge in [-0.05, 0) is 24.3 Å². The molecule has 1 N–H and O–H groups in total. The maximum Gasteiger partial charge on any atom is 0.171 e. The third-order valence-electron chi connectivity index (χ3n) is 2.01. The zero-order valence-electron chi connectivity index (χ0n) is 8.64. The normalized spacial score (nSPS) is 9.88. The molecule has 0 aliphatic heterocycles. The molecule has 1 aromatic carbocycles. The van der Waals surface area contributed by atoms with Gasteiger partial charge in [-0.15, -0.1) is 0 Å². The second kappa shape index (κ2) is 4.81. The summed E-state index contributed by atoms with van der Waals surface area (Å²) >= 11 is 5.87. The molecule has 0 bridgehead atoms. The van der Waals surface area contributed by atoms with E-state index in [0.717, 1.165) is 11.4 Å². The van der Waals surface area contributed by atoms with Gasteiger partial charge in [-0.25, -0.2) is 9.97 Å². The molecule has 0 saturated carbocycles. The van der Waals surface area contributed by atoms with Crippen molar-refractivity contribution in [2.45, 2.75) is 0 Å². The van der Waals surface area contributed by atoms with Gasteiger partial charge in [0.15, 0.2) is 11.0 Å². The summed E-state index contributed by atoms with van der Waals surface area (Å²) in [5, 5.41) is 3.41. The minimum atomic E-state index is 0.346. The summed E-state index contributed by atoms with van der Waals surface area (Å²) < 4.78 is 5.06. The monoisotopic (exact) mass is 235 g/mol. The molecule has 0 atom stereocenters. The van der Waals surface area contributed by atoms with Gasteiger partial charge in [0, 0.05) is 18.1 Å². The Kier molecular flexibility index (Phi) is 3.22. The maximum atomic E-state index is 5.87. The van der Waals surface area contributed by atoms with Gasteiger partial charge in [0.2, 0.25) is 0 Å². The van der Waals surface area contributed by atoms with Crippen LogP contribution in [0.1, 0.15) is 0 Å². The van der Waals surface area contributed by atoms with Crippen molar-refractivity contribution >= 4 is 23.1 Å². The average Bonchev–Trinajstić information content (AvgIpc) is 2.33. The van der Waals surface area contributed by atoms with Crippen molar-refractivity contribution < 1.29 is 4.74 Å². The summed E-state index contributed by atoms with van der Waals surface area (Å²) in [6.45, 7) is 0. The standard InChI is InChI=1S/C11H10ClN3O/c1-16-9-4-2-8(3-5-9)15-11-10(12)13-6-7-14-11/h2-7H,1H3,(H,14,15). The summed E-state index contributed by atoms with van der Waals surface area (Å²) in [6, 6.07) is 7.47. The van der Waals surface area contributed by atoms with Crippen LogP contribution in [0.2, 0.25) is 5.15 Å². The first kappa shape index (κ1) is 10.7. The van der Waals surface area contributed by atoms with E-state index in [1.165, 1.54) is 0 Å². The molecular weight excluding hydrogens is 226 g/mol. The molecule has 1 heterocycles. The number of benzene rings is 1. The van der Waals surface area contributed by atoms with E-state index < -0.39 is 0 Å². The molecule has 0 aliphatic rings. The van der Waals surface area contributed by atoms with Crippen LogP contribution >= 0.6 is 11.6 Å². The van der Waals surface area contributed by atoms with Crippen molar-refractivity contribution in [3.05, 3.63) is 41.8 Å². The second-order valence-electron chi connectivity index (χ2n) is 3.05. The van der Waals surface area contributed by atoms with Gasteiger partial charge in [-0.1, -0.05) is 11.6 Å². The molecule has 0 aliphatic carbocycles.